The lowest BCUT2D eigenvalue weighted by Gasteiger charge is -2.30. The lowest BCUT2D eigenvalue weighted by atomic mass is 10.0. The highest BCUT2D eigenvalue weighted by Crippen LogP contribution is 2.29. The minimum atomic E-state index is -0.586. The smallest absolute Gasteiger partial charge is 0.428 e. The molecular formula is C15H19N5O3. The Balaban J connectivity index is 2.13. The molecule has 122 valence electrons. The third-order valence-corrected chi connectivity index (χ3v) is 4.22. The number of benzene rings is 1. The molecule has 0 radical (unpaired) electrons. The third-order valence-electron chi connectivity index (χ3n) is 4.22. The molecule has 3 rings (SSSR count). The topological polar surface area (TPSA) is 91.1 Å². The van der Waals surface area contributed by atoms with E-state index in [1.807, 2.05) is 19.9 Å². The summed E-state index contributed by atoms with van der Waals surface area (Å²) in [7, 11) is 0. The molecule has 23 heavy (non-hydrogen) atoms. The Hall–Kier alpha value is -2.64. The summed E-state index contributed by atoms with van der Waals surface area (Å²) in [5, 5.41) is 28.1. The number of hydrogen-bond donors (Lipinski definition) is 0. The highest BCUT2D eigenvalue weighted by Gasteiger charge is 2.36. The number of aromatic nitrogens is 3. The van der Waals surface area contributed by atoms with E-state index in [1.54, 1.807) is 23.1 Å². The molecule has 0 amide bonds. The van der Waals surface area contributed by atoms with Crippen molar-refractivity contribution in [2.24, 2.45) is 0 Å². The van der Waals surface area contributed by atoms with Gasteiger partial charge in [0.15, 0.2) is 0 Å². The fraction of sp³-hybridized carbons (Fsp3) is 0.467. The number of nitrogens with zero attached hydrogens (tertiary/aromatic N) is 5. The first-order chi connectivity index (χ1) is 11.0. The second-order valence-electron chi connectivity index (χ2n) is 5.94. The van der Waals surface area contributed by atoms with E-state index in [0.29, 0.717) is 17.1 Å². The number of piperidine rings is 1. The van der Waals surface area contributed by atoms with E-state index in [4.69, 9.17) is 0 Å². The fourth-order valence-electron chi connectivity index (χ4n) is 3.03. The first kappa shape index (κ1) is 15.3. The Morgan fingerprint density at radius 1 is 1.39 bits per heavy atom. The van der Waals surface area contributed by atoms with Crippen molar-refractivity contribution in [3.05, 3.63) is 45.2 Å². The van der Waals surface area contributed by atoms with Crippen LogP contribution in [0.2, 0.25) is 0 Å². The Kier molecular flexibility index (Phi) is 3.89. The lowest BCUT2D eigenvalue weighted by Crippen LogP contribution is -2.47. The van der Waals surface area contributed by atoms with Crippen molar-refractivity contribution in [2.45, 2.75) is 39.2 Å². The van der Waals surface area contributed by atoms with Gasteiger partial charge in [-0.2, -0.15) is 4.85 Å². The maximum absolute atomic E-state index is 12.7. The van der Waals surface area contributed by atoms with Crippen molar-refractivity contribution < 1.29 is 9.77 Å². The van der Waals surface area contributed by atoms with Gasteiger partial charge in [-0.15, -0.1) is 0 Å². The summed E-state index contributed by atoms with van der Waals surface area (Å²) >= 11 is 0. The van der Waals surface area contributed by atoms with Gasteiger partial charge in [-0.25, -0.2) is 0 Å². The molecule has 1 aliphatic heterocycles. The van der Waals surface area contributed by atoms with E-state index in [2.05, 4.69) is 5.10 Å². The van der Waals surface area contributed by atoms with Crippen molar-refractivity contribution in [1.82, 2.24) is 9.90 Å². The van der Waals surface area contributed by atoms with Gasteiger partial charge in [-0.05, 0) is 55.7 Å². The molecule has 2 heterocycles. The summed E-state index contributed by atoms with van der Waals surface area (Å²) in [6, 6.07) is 7.25. The number of nitro groups is 1. The van der Waals surface area contributed by atoms with Crippen LogP contribution >= 0.6 is 0 Å². The van der Waals surface area contributed by atoms with Crippen LogP contribution in [0.15, 0.2) is 24.3 Å². The van der Waals surface area contributed by atoms with Crippen molar-refractivity contribution >= 4 is 11.6 Å². The predicted octanol–water partition coefficient (Wildman–Crippen LogP) is 2.10. The predicted molar refractivity (Wildman–Crippen MR) is 84.6 cm³/mol. The van der Waals surface area contributed by atoms with Gasteiger partial charge in [0.25, 0.3) is 0 Å². The first-order valence-corrected chi connectivity index (χ1v) is 7.70. The van der Waals surface area contributed by atoms with Crippen LogP contribution in [0.5, 0.6) is 0 Å². The molecule has 1 aromatic heterocycles. The molecule has 1 aliphatic rings. The average molecular weight is 317 g/mol. The summed E-state index contributed by atoms with van der Waals surface area (Å²) < 4.78 is 0. The zero-order valence-corrected chi connectivity index (χ0v) is 13.2. The third kappa shape index (κ3) is 2.71. The summed E-state index contributed by atoms with van der Waals surface area (Å²) in [6.45, 7) is 4.50. The molecule has 1 aromatic carbocycles. The second kappa shape index (κ2) is 5.86. The van der Waals surface area contributed by atoms with Crippen LogP contribution < -0.4 is 9.75 Å². The standard InChI is InChI=1S/C15H19N5O3/c1-11-6-5-8-13(10-11)18-16-14(20(22)23)15(19(18)21)17-9-4-3-7-12(17)2/h5-6,8,10,12H,3-4,7,9H2,1-2H3. The molecule has 2 aromatic rings. The molecule has 1 atom stereocenters. The Morgan fingerprint density at radius 3 is 2.83 bits per heavy atom. The Morgan fingerprint density at radius 2 is 2.17 bits per heavy atom. The van der Waals surface area contributed by atoms with Crippen molar-refractivity contribution in [3.63, 3.8) is 0 Å². The van der Waals surface area contributed by atoms with Crippen LogP contribution in [-0.4, -0.2) is 27.4 Å². The summed E-state index contributed by atoms with van der Waals surface area (Å²) in [5.74, 6) is -0.362. The van der Waals surface area contributed by atoms with Crippen LogP contribution in [-0.2, 0) is 0 Å². The van der Waals surface area contributed by atoms with E-state index < -0.39 is 10.7 Å². The Labute approximate surface area is 133 Å². The van der Waals surface area contributed by atoms with E-state index in [-0.39, 0.29) is 11.9 Å². The molecule has 8 nitrogen and oxygen atoms in total. The summed E-state index contributed by atoms with van der Waals surface area (Å²) in [5.41, 5.74) is 1.47. The van der Waals surface area contributed by atoms with Gasteiger partial charge in [-0.1, -0.05) is 16.9 Å². The molecule has 1 unspecified atom stereocenters. The number of aryl methyl sites for hydroxylation is 1. The van der Waals surface area contributed by atoms with Crippen LogP contribution in [0.1, 0.15) is 31.7 Å². The zero-order chi connectivity index (χ0) is 16.6. The second-order valence-corrected chi connectivity index (χ2v) is 5.94. The SMILES string of the molecule is Cc1cccc(-n2nc([N+](=O)[O-])c(N3CCCCC3C)[n+]2[O-])c1. The van der Waals surface area contributed by atoms with Crippen LogP contribution in [0.3, 0.4) is 0 Å². The van der Waals surface area contributed by atoms with Crippen LogP contribution in [0.4, 0.5) is 11.6 Å². The van der Waals surface area contributed by atoms with Gasteiger partial charge >= 0.3 is 11.6 Å². The van der Waals surface area contributed by atoms with Gasteiger partial charge in [0.05, 0.1) is 12.6 Å². The van der Waals surface area contributed by atoms with Crippen molar-refractivity contribution in [3.8, 4) is 5.69 Å². The maximum atomic E-state index is 12.7. The summed E-state index contributed by atoms with van der Waals surface area (Å²) in [6.07, 6.45) is 2.89. The zero-order valence-electron chi connectivity index (χ0n) is 13.2. The van der Waals surface area contributed by atoms with E-state index in [9.17, 15) is 15.3 Å². The normalized spacial score (nSPS) is 18.2. The fourth-order valence-corrected chi connectivity index (χ4v) is 3.03. The minimum Gasteiger partial charge on any atom is -0.723 e. The molecule has 0 N–H and O–H groups in total. The van der Waals surface area contributed by atoms with Gasteiger partial charge in [0, 0.05) is 5.10 Å². The van der Waals surface area contributed by atoms with Crippen molar-refractivity contribution in [2.75, 3.05) is 11.4 Å². The van der Waals surface area contributed by atoms with Crippen LogP contribution in [0.25, 0.3) is 5.69 Å². The molecule has 0 saturated carbocycles. The minimum absolute atomic E-state index is 0.0312. The lowest BCUT2D eigenvalue weighted by molar-refractivity contribution is -0.677. The summed E-state index contributed by atoms with van der Waals surface area (Å²) in [4.78, 5) is 14.2. The van der Waals surface area contributed by atoms with Gasteiger partial charge in [0.2, 0.25) is 0 Å². The quantitative estimate of drug-likeness (QED) is 0.374. The van der Waals surface area contributed by atoms with Gasteiger partial charge in [-0.3, -0.25) is 4.90 Å². The van der Waals surface area contributed by atoms with Crippen LogP contribution in [0, 0.1) is 22.2 Å². The highest BCUT2D eigenvalue weighted by atomic mass is 16.6. The molecular weight excluding hydrogens is 298 g/mol. The molecule has 0 aliphatic carbocycles. The average Bonchev–Trinajstić information content (AvgIpc) is 2.85. The van der Waals surface area contributed by atoms with Crippen molar-refractivity contribution in [1.29, 1.82) is 0 Å². The highest BCUT2D eigenvalue weighted by molar-refractivity contribution is 5.50. The molecule has 0 bridgehead atoms. The largest absolute Gasteiger partial charge is 0.723 e. The number of rotatable bonds is 3. The maximum Gasteiger partial charge on any atom is 0.428 e. The first-order valence-electron chi connectivity index (χ1n) is 7.70. The number of anilines is 1. The molecule has 0 spiro atoms. The monoisotopic (exact) mass is 317 g/mol. The van der Waals surface area contributed by atoms with Gasteiger partial charge < -0.3 is 15.3 Å². The Bertz CT molecular complexity index is 743. The van der Waals surface area contributed by atoms with E-state index in [1.165, 1.54) is 0 Å². The van der Waals surface area contributed by atoms with Gasteiger partial charge in [0.1, 0.15) is 5.69 Å². The van der Waals surface area contributed by atoms with E-state index in [0.717, 1.165) is 29.6 Å². The molecule has 1 fully saturated rings. The number of hydrogen-bond acceptors (Lipinski definition) is 5. The molecule has 8 heteroatoms. The van der Waals surface area contributed by atoms with E-state index >= 15 is 0 Å². The molecule has 1 saturated heterocycles.